The summed E-state index contributed by atoms with van der Waals surface area (Å²) in [6.07, 6.45) is 0.244. The molecule has 1 N–H and O–H groups in total. The van der Waals surface area contributed by atoms with Crippen molar-refractivity contribution in [1.29, 1.82) is 5.26 Å². The topological polar surface area (TPSA) is 52.9 Å². The van der Waals surface area contributed by atoms with Gasteiger partial charge < -0.3 is 5.32 Å². The SMILES string of the molecule is C[C@H](SCC(=O)NCCC#N)c1c(F)cccc1F. The minimum atomic E-state index is -0.607. The fraction of sp³-hybridized carbons (Fsp3) is 0.385. The Morgan fingerprint density at radius 1 is 1.47 bits per heavy atom. The summed E-state index contributed by atoms with van der Waals surface area (Å²) in [5.41, 5.74) is -0.0164. The van der Waals surface area contributed by atoms with Crippen LogP contribution in [0.25, 0.3) is 0 Å². The van der Waals surface area contributed by atoms with E-state index < -0.39 is 16.9 Å². The number of carbonyl (C=O) groups excluding carboxylic acids is 1. The van der Waals surface area contributed by atoms with Crippen molar-refractivity contribution < 1.29 is 13.6 Å². The zero-order valence-electron chi connectivity index (χ0n) is 10.5. The predicted molar refractivity (Wildman–Crippen MR) is 70.5 cm³/mol. The van der Waals surface area contributed by atoms with Gasteiger partial charge in [-0.1, -0.05) is 6.07 Å². The normalized spacial score (nSPS) is 11.7. The van der Waals surface area contributed by atoms with Crippen molar-refractivity contribution in [1.82, 2.24) is 5.32 Å². The van der Waals surface area contributed by atoms with Crippen LogP contribution in [0.15, 0.2) is 18.2 Å². The summed E-state index contributed by atoms with van der Waals surface area (Å²) >= 11 is 1.15. The minimum Gasteiger partial charge on any atom is -0.354 e. The summed E-state index contributed by atoms with van der Waals surface area (Å²) in [6, 6.07) is 5.61. The maximum absolute atomic E-state index is 13.5. The van der Waals surface area contributed by atoms with Gasteiger partial charge in [-0.3, -0.25) is 4.79 Å². The van der Waals surface area contributed by atoms with Gasteiger partial charge in [0.05, 0.1) is 18.2 Å². The van der Waals surface area contributed by atoms with E-state index in [4.69, 9.17) is 5.26 Å². The number of amides is 1. The number of benzene rings is 1. The van der Waals surface area contributed by atoms with Crippen LogP contribution < -0.4 is 5.32 Å². The van der Waals surface area contributed by atoms with Crippen molar-refractivity contribution in [3.8, 4) is 6.07 Å². The number of thioether (sulfide) groups is 1. The van der Waals surface area contributed by atoms with Crippen LogP contribution in [0.4, 0.5) is 8.78 Å². The van der Waals surface area contributed by atoms with Crippen LogP contribution in [-0.4, -0.2) is 18.2 Å². The van der Waals surface area contributed by atoms with Gasteiger partial charge in [-0.25, -0.2) is 8.78 Å². The van der Waals surface area contributed by atoms with Gasteiger partial charge >= 0.3 is 0 Å². The summed E-state index contributed by atoms with van der Waals surface area (Å²) in [6.45, 7) is 1.94. The molecule has 3 nitrogen and oxygen atoms in total. The third kappa shape index (κ3) is 4.87. The molecule has 0 saturated heterocycles. The van der Waals surface area contributed by atoms with E-state index in [1.54, 1.807) is 6.92 Å². The average molecular weight is 284 g/mol. The first-order valence-electron chi connectivity index (χ1n) is 5.75. The largest absolute Gasteiger partial charge is 0.354 e. The smallest absolute Gasteiger partial charge is 0.230 e. The summed E-state index contributed by atoms with van der Waals surface area (Å²) in [5.74, 6) is -1.36. The van der Waals surface area contributed by atoms with E-state index in [1.165, 1.54) is 18.2 Å². The molecule has 1 amide bonds. The van der Waals surface area contributed by atoms with Crippen molar-refractivity contribution >= 4 is 17.7 Å². The molecule has 0 spiro atoms. The number of rotatable bonds is 6. The Morgan fingerprint density at radius 3 is 2.68 bits per heavy atom. The van der Waals surface area contributed by atoms with Crippen LogP contribution in [0.2, 0.25) is 0 Å². The number of nitrogens with one attached hydrogen (secondary N) is 1. The second-order valence-electron chi connectivity index (χ2n) is 3.85. The highest BCUT2D eigenvalue weighted by Gasteiger charge is 2.17. The molecule has 6 heteroatoms. The second kappa shape index (κ2) is 7.74. The first-order valence-corrected chi connectivity index (χ1v) is 6.80. The molecule has 0 saturated carbocycles. The Kier molecular flexibility index (Phi) is 6.30. The molecule has 1 atom stereocenters. The van der Waals surface area contributed by atoms with Crippen LogP contribution in [0, 0.1) is 23.0 Å². The van der Waals surface area contributed by atoms with Crippen molar-refractivity contribution in [2.24, 2.45) is 0 Å². The van der Waals surface area contributed by atoms with E-state index in [-0.39, 0.29) is 23.6 Å². The quantitative estimate of drug-likeness (QED) is 0.817. The summed E-state index contributed by atoms with van der Waals surface area (Å²) < 4.78 is 27.0. The molecule has 0 radical (unpaired) electrons. The predicted octanol–water partition coefficient (Wildman–Crippen LogP) is 2.79. The molecule has 0 unspecified atom stereocenters. The van der Waals surface area contributed by atoms with Crippen LogP contribution in [0.5, 0.6) is 0 Å². The highest BCUT2D eigenvalue weighted by atomic mass is 32.2. The molecular formula is C13H14F2N2OS. The van der Waals surface area contributed by atoms with Gasteiger partial charge in [-0.15, -0.1) is 11.8 Å². The fourth-order valence-corrected chi connectivity index (χ4v) is 2.39. The van der Waals surface area contributed by atoms with E-state index in [1.807, 2.05) is 6.07 Å². The van der Waals surface area contributed by atoms with E-state index in [9.17, 15) is 13.6 Å². The lowest BCUT2D eigenvalue weighted by atomic mass is 10.1. The number of halogens is 2. The van der Waals surface area contributed by atoms with Crippen molar-refractivity contribution in [3.63, 3.8) is 0 Å². The molecule has 0 fully saturated rings. The van der Waals surface area contributed by atoms with Gasteiger partial charge in [-0.05, 0) is 19.1 Å². The standard InChI is InChI=1S/C13H14F2N2OS/c1-9(13-10(14)4-2-5-11(13)15)19-8-12(18)17-7-3-6-16/h2,4-5,9H,3,7-8H2,1H3,(H,17,18)/t9-/m0/s1. The van der Waals surface area contributed by atoms with Crippen molar-refractivity contribution in [2.75, 3.05) is 12.3 Å². The summed E-state index contributed by atoms with van der Waals surface area (Å²) in [7, 11) is 0. The first kappa shape index (κ1) is 15.4. The van der Waals surface area contributed by atoms with Crippen LogP contribution >= 0.6 is 11.8 Å². The van der Waals surface area contributed by atoms with Gasteiger partial charge in [0.2, 0.25) is 5.91 Å². The van der Waals surface area contributed by atoms with Crippen molar-refractivity contribution in [3.05, 3.63) is 35.4 Å². The minimum absolute atomic E-state index is 0.0164. The van der Waals surface area contributed by atoms with E-state index in [2.05, 4.69) is 5.32 Å². The number of nitrogens with zero attached hydrogens (tertiary/aromatic N) is 1. The maximum Gasteiger partial charge on any atom is 0.230 e. The Bertz CT molecular complexity index is 468. The zero-order chi connectivity index (χ0) is 14.3. The molecular weight excluding hydrogens is 270 g/mol. The highest BCUT2D eigenvalue weighted by molar-refractivity contribution is 8.00. The highest BCUT2D eigenvalue weighted by Crippen LogP contribution is 2.31. The lowest BCUT2D eigenvalue weighted by Crippen LogP contribution is -2.26. The Hall–Kier alpha value is -1.61. The maximum atomic E-state index is 13.5. The molecule has 102 valence electrons. The number of carbonyl (C=O) groups is 1. The van der Waals surface area contributed by atoms with E-state index in [0.717, 1.165) is 11.8 Å². The molecule has 1 rings (SSSR count). The van der Waals surface area contributed by atoms with Crippen LogP contribution in [0.1, 0.15) is 24.2 Å². The van der Waals surface area contributed by atoms with Gasteiger partial charge in [-0.2, -0.15) is 5.26 Å². The number of hydrogen-bond acceptors (Lipinski definition) is 3. The second-order valence-corrected chi connectivity index (χ2v) is 5.18. The third-order valence-corrected chi connectivity index (χ3v) is 3.59. The van der Waals surface area contributed by atoms with Crippen molar-refractivity contribution in [2.45, 2.75) is 18.6 Å². The Labute approximate surface area is 115 Å². The van der Waals surface area contributed by atoms with Gasteiger partial charge in [0.15, 0.2) is 0 Å². The Balaban J connectivity index is 2.50. The summed E-state index contributed by atoms with van der Waals surface area (Å²) in [5, 5.41) is 10.4. The Morgan fingerprint density at radius 2 is 2.11 bits per heavy atom. The number of hydrogen-bond donors (Lipinski definition) is 1. The van der Waals surface area contributed by atoms with Crippen LogP contribution in [-0.2, 0) is 4.79 Å². The lowest BCUT2D eigenvalue weighted by molar-refractivity contribution is -0.118. The van der Waals surface area contributed by atoms with E-state index >= 15 is 0 Å². The molecule has 0 aliphatic heterocycles. The van der Waals surface area contributed by atoms with Gasteiger partial charge in [0.1, 0.15) is 11.6 Å². The van der Waals surface area contributed by atoms with E-state index in [0.29, 0.717) is 6.54 Å². The zero-order valence-corrected chi connectivity index (χ0v) is 11.3. The molecule has 0 bridgehead atoms. The van der Waals surface area contributed by atoms with Gasteiger partial charge in [0, 0.05) is 17.4 Å². The molecule has 0 heterocycles. The lowest BCUT2D eigenvalue weighted by Gasteiger charge is -2.13. The molecule has 0 aromatic heterocycles. The molecule has 1 aromatic rings. The molecule has 0 aliphatic rings. The molecule has 0 aliphatic carbocycles. The fourth-order valence-electron chi connectivity index (χ4n) is 1.49. The summed E-state index contributed by atoms with van der Waals surface area (Å²) in [4.78, 5) is 11.4. The first-order chi connectivity index (χ1) is 9.06. The van der Waals surface area contributed by atoms with Crippen LogP contribution in [0.3, 0.4) is 0 Å². The molecule has 19 heavy (non-hydrogen) atoms. The monoisotopic (exact) mass is 284 g/mol. The average Bonchev–Trinajstić information content (AvgIpc) is 2.36. The number of nitriles is 1. The molecule has 1 aromatic carbocycles. The third-order valence-electron chi connectivity index (χ3n) is 2.43. The van der Waals surface area contributed by atoms with Gasteiger partial charge in [0.25, 0.3) is 0 Å².